The summed E-state index contributed by atoms with van der Waals surface area (Å²) in [5.41, 5.74) is 6.40. The van der Waals surface area contributed by atoms with Gasteiger partial charge in [0.15, 0.2) is 0 Å². The van der Waals surface area contributed by atoms with E-state index in [-0.39, 0.29) is 13.2 Å². The number of benzene rings is 1. The molecule has 0 atom stereocenters. The normalized spacial score (nSPS) is 11.7. The van der Waals surface area contributed by atoms with Gasteiger partial charge in [0.05, 0.1) is 18.8 Å². The van der Waals surface area contributed by atoms with Crippen LogP contribution in [0.25, 0.3) is 0 Å². The van der Waals surface area contributed by atoms with Crippen LogP contribution in [0.1, 0.15) is 37.7 Å². The summed E-state index contributed by atoms with van der Waals surface area (Å²) in [6, 6.07) is 10.5. The maximum atomic E-state index is 9.05. The lowest BCUT2D eigenvalue weighted by Crippen LogP contribution is -2.47. The molecule has 0 bridgehead atoms. The highest BCUT2D eigenvalue weighted by Gasteiger charge is 2.21. The van der Waals surface area contributed by atoms with Crippen LogP contribution in [0.4, 0.5) is 0 Å². The van der Waals surface area contributed by atoms with Gasteiger partial charge in [0.2, 0.25) is 0 Å². The highest BCUT2D eigenvalue weighted by atomic mass is 16.3. The lowest BCUT2D eigenvalue weighted by Gasteiger charge is -2.24. The Morgan fingerprint density at radius 3 is 2.11 bits per heavy atom. The average Bonchev–Trinajstić information content (AvgIpc) is 2.43. The van der Waals surface area contributed by atoms with Crippen LogP contribution in [-0.4, -0.2) is 29.0 Å². The number of hydrogen-bond acceptors (Lipinski definition) is 3. The molecule has 0 aromatic heterocycles. The number of hydrogen-bond donors (Lipinski definition) is 3. The molecule has 1 aromatic rings. The first kappa shape index (κ1) is 15.2. The molecular formula is C15H25NO2. The molecule has 0 aliphatic rings. The third kappa shape index (κ3) is 5.63. The van der Waals surface area contributed by atoms with Crippen molar-refractivity contribution < 1.29 is 10.2 Å². The number of aliphatic hydroxyl groups excluding tert-OH is 2. The zero-order valence-electron chi connectivity index (χ0n) is 11.0. The van der Waals surface area contributed by atoms with E-state index in [0.29, 0.717) is 6.42 Å². The number of aliphatic hydroxyl groups is 2. The average molecular weight is 251 g/mol. The van der Waals surface area contributed by atoms with Crippen molar-refractivity contribution >= 4 is 0 Å². The molecule has 0 fully saturated rings. The largest absolute Gasteiger partial charge is 0.394 e. The Morgan fingerprint density at radius 1 is 0.889 bits per heavy atom. The van der Waals surface area contributed by atoms with E-state index in [0.717, 1.165) is 19.3 Å². The van der Waals surface area contributed by atoms with Crippen LogP contribution >= 0.6 is 0 Å². The van der Waals surface area contributed by atoms with Crippen molar-refractivity contribution in [3.63, 3.8) is 0 Å². The summed E-state index contributed by atoms with van der Waals surface area (Å²) in [5, 5.41) is 18.1. The van der Waals surface area contributed by atoms with Crippen molar-refractivity contribution in [2.75, 3.05) is 13.2 Å². The van der Waals surface area contributed by atoms with Gasteiger partial charge in [0.25, 0.3) is 0 Å². The summed E-state index contributed by atoms with van der Waals surface area (Å²) in [4.78, 5) is 0. The van der Waals surface area contributed by atoms with Gasteiger partial charge in [-0.2, -0.15) is 0 Å². The van der Waals surface area contributed by atoms with Crippen molar-refractivity contribution in [1.29, 1.82) is 0 Å². The number of nitrogens with two attached hydrogens (primary N) is 1. The van der Waals surface area contributed by atoms with Crippen molar-refractivity contribution in [2.24, 2.45) is 5.73 Å². The second-order valence-electron chi connectivity index (χ2n) is 5.08. The summed E-state index contributed by atoms with van der Waals surface area (Å²) in [6.45, 7) is -0.291. The molecule has 0 spiro atoms. The van der Waals surface area contributed by atoms with E-state index in [1.54, 1.807) is 0 Å². The Morgan fingerprint density at radius 2 is 1.50 bits per heavy atom. The van der Waals surface area contributed by atoms with Gasteiger partial charge in [-0.25, -0.2) is 0 Å². The maximum absolute atomic E-state index is 9.05. The molecule has 0 aliphatic heterocycles. The maximum Gasteiger partial charge on any atom is 0.0633 e. The SMILES string of the molecule is NC(CO)(CO)CCCCCCc1ccccc1. The Hall–Kier alpha value is -0.900. The predicted octanol–water partition coefficient (Wildman–Crippen LogP) is 1.86. The second-order valence-corrected chi connectivity index (χ2v) is 5.08. The summed E-state index contributed by atoms with van der Waals surface area (Å²) in [5.74, 6) is 0. The van der Waals surface area contributed by atoms with Crippen LogP contribution < -0.4 is 5.73 Å². The highest BCUT2D eigenvalue weighted by molar-refractivity contribution is 5.14. The molecule has 0 saturated heterocycles. The summed E-state index contributed by atoms with van der Waals surface area (Å²) in [6.07, 6.45) is 6.22. The standard InChI is InChI=1S/C15H25NO2/c16-15(12-17,13-18)11-7-2-1-4-8-14-9-5-3-6-10-14/h3,5-6,9-10,17-18H,1-2,4,7-8,11-13,16H2. The number of aryl methyl sites for hydroxylation is 1. The molecule has 0 unspecified atom stereocenters. The highest BCUT2D eigenvalue weighted by Crippen LogP contribution is 2.13. The zero-order valence-corrected chi connectivity index (χ0v) is 11.0. The fourth-order valence-corrected chi connectivity index (χ4v) is 2.01. The van der Waals surface area contributed by atoms with Gasteiger partial charge in [-0.1, -0.05) is 49.6 Å². The Labute approximate surface area is 110 Å². The molecule has 0 saturated carbocycles. The molecule has 102 valence electrons. The first-order valence-electron chi connectivity index (χ1n) is 6.75. The Balaban J connectivity index is 2.06. The first-order valence-corrected chi connectivity index (χ1v) is 6.75. The molecule has 4 N–H and O–H groups in total. The van der Waals surface area contributed by atoms with Crippen molar-refractivity contribution in [3.8, 4) is 0 Å². The molecule has 3 heteroatoms. The van der Waals surface area contributed by atoms with Crippen LogP contribution in [0, 0.1) is 0 Å². The molecular weight excluding hydrogens is 226 g/mol. The van der Waals surface area contributed by atoms with E-state index in [1.165, 1.54) is 18.4 Å². The lowest BCUT2D eigenvalue weighted by atomic mass is 9.94. The molecule has 0 heterocycles. The third-order valence-corrected chi connectivity index (χ3v) is 3.36. The second kappa shape index (κ2) is 8.25. The fourth-order valence-electron chi connectivity index (χ4n) is 2.01. The van der Waals surface area contributed by atoms with Crippen LogP contribution in [0.15, 0.2) is 30.3 Å². The quantitative estimate of drug-likeness (QED) is 0.587. The van der Waals surface area contributed by atoms with Gasteiger partial charge in [0, 0.05) is 0 Å². The van der Waals surface area contributed by atoms with Crippen molar-refractivity contribution in [3.05, 3.63) is 35.9 Å². The van der Waals surface area contributed by atoms with E-state index in [2.05, 4.69) is 24.3 Å². The lowest BCUT2D eigenvalue weighted by molar-refractivity contribution is 0.112. The van der Waals surface area contributed by atoms with E-state index in [1.807, 2.05) is 6.07 Å². The fraction of sp³-hybridized carbons (Fsp3) is 0.600. The minimum absolute atomic E-state index is 0.145. The van der Waals surface area contributed by atoms with E-state index in [9.17, 15) is 0 Å². The molecule has 0 amide bonds. The Bertz CT molecular complexity index is 310. The summed E-state index contributed by atoms with van der Waals surface area (Å²) >= 11 is 0. The van der Waals surface area contributed by atoms with Gasteiger partial charge in [-0.15, -0.1) is 0 Å². The minimum atomic E-state index is -0.792. The molecule has 18 heavy (non-hydrogen) atoms. The van der Waals surface area contributed by atoms with Gasteiger partial charge < -0.3 is 15.9 Å². The number of unbranched alkanes of at least 4 members (excludes halogenated alkanes) is 3. The first-order chi connectivity index (χ1) is 8.70. The van der Waals surface area contributed by atoms with Gasteiger partial charge in [-0.3, -0.25) is 0 Å². The van der Waals surface area contributed by atoms with Gasteiger partial charge in [-0.05, 0) is 24.8 Å². The van der Waals surface area contributed by atoms with Crippen LogP contribution in [0.2, 0.25) is 0 Å². The Kier molecular flexibility index (Phi) is 6.94. The molecule has 0 radical (unpaired) electrons. The minimum Gasteiger partial charge on any atom is -0.394 e. The number of rotatable bonds is 9. The van der Waals surface area contributed by atoms with E-state index in [4.69, 9.17) is 15.9 Å². The molecule has 0 aliphatic carbocycles. The van der Waals surface area contributed by atoms with Crippen molar-refractivity contribution in [1.82, 2.24) is 0 Å². The summed E-state index contributed by atoms with van der Waals surface area (Å²) < 4.78 is 0. The monoisotopic (exact) mass is 251 g/mol. The molecule has 3 nitrogen and oxygen atoms in total. The van der Waals surface area contributed by atoms with Crippen LogP contribution in [0.3, 0.4) is 0 Å². The smallest absolute Gasteiger partial charge is 0.0633 e. The van der Waals surface area contributed by atoms with Gasteiger partial charge >= 0.3 is 0 Å². The van der Waals surface area contributed by atoms with Crippen LogP contribution in [0.5, 0.6) is 0 Å². The van der Waals surface area contributed by atoms with Crippen LogP contribution in [-0.2, 0) is 6.42 Å². The predicted molar refractivity (Wildman–Crippen MR) is 74.3 cm³/mol. The summed E-state index contributed by atoms with van der Waals surface area (Å²) in [7, 11) is 0. The van der Waals surface area contributed by atoms with Crippen molar-refractivity contribution in [2.45, 2.75) is 44.1 Å². The zero-order chi connectivity index (χ0) is 13.3. The van der Waals surface area contributed by atoms with E-state index < -0.39 is 5.54 Å². The van der Waals surface area contributed by atoms with E-state index >= 15 is 0 Å². The molecule has 1 aromatic carbocycles. The third-order valence-electron chi connectivity index (χ3n) is 3.36. The molecule has 1 rings (SSSR count). The van der Waals surface area contributed by atoms with Gasteiger partial charge in [0.1, 0.15) is 0 Å². The topological polar surface area (TPSA) is 66.5 Å².